The number of ether oxygens (including phenoxy) is 6. The zero-order valence-corrected chi connectivity index (χ0v) is 22.6. The highest BCUT2D eigenvalue weighted by atomic mass is 35.6. The van der Waals surface area contributed by atoms with Gasteiger partial charge in [0.25, 0.3) is 0 Å². The summed E-state index contributed by atoms with van der Waals surface area (Å²) < 4.78 is 32.5. The van der Waals surface area contributed by atoms with Crippen LogP contribution >= 0.6 is 22.8 Å². The number of hydrogen-bond acceptors (Lipinski definition) is 10. The van der Waals surface area contributed by atoms with E-state index in [4.69, 9.17) is 45.0 Å². The van der Waals surface area contributed by atoms with E-state index in [0.29, 0.717) is 85.8 Å². The number of hydrogen-bond donors (Lipinski definition) is 0. The first-order valence-electron chi connectivity index (χ1n) is 11.1. The molecule has 0 aliphatic rings. The second kappa shape index (κ2) is 21.3. The lowest BCUT2D eigenvalue weighted by molar-refractivity contribution is -0.0174. The van der Waals surface area contributed by atoms with Crippen molar-refractivity contribution in [1.82, 2.24) is 9.97 Å². The van der Waals surface area contributed by atoms with Gasteiger partial charge in [-0.2, -0.15) is 11.1 Å². The quantitative estimate of drug-likeness (QED) is 0.0301. The minimum absolute atomic E-state index is 0.332. The zero-order chi connectivity index (χ0) is 24.7. The molecule has 0 bridgehead atoms. The molecule has 0 radical (unpaired) electrons. The van der Waals surface area contributed by atoms with Crippen LogP contribution in [0.25, 0.3) is 10.4 Å². The van der Waals surface area contributed by atoms with Crippen LogP contribution in [0.5, 0.6) is 0 Å². The monoisotopic (exact) mass is 537 g/mol. The Kier molecular flexibility index (Phi) is 19.4. The molecule has 1 heterocycles. The van der Waals surface area contributed by atoms with Crippen molar-refractivity contribution in [3.05, 3.63) is 28.4 Å². The largest absolute Gasteiger partial charge is 0.379 e. The summed E-state index contributed by atoms with van der Waals surface area (Å²) in [6.07, 6.45) is 3.57. The lowest BCUT2D eigenvalue weighted by atomic mass is 10.4. The van der Waals surface area contributed by atoms with E-state index in [1.807, 2.05) is 0 Å². The van der Waals surface area contributed by atoms with Crippen molar-refractivity contribution in [2.24, 2.45) is 5.11 Å². The summed E-state index contributed by atoms with van der Waals surface area (Å²) in [5.74, 6) is 0. The molecule has 0 aliphatic heterocycles. The zero-order valence-electron chi connectivity index (χ0n) is 20.0. The standard InChI is InChI=1S/C20H36ClN5O6SSi/c1-34(2,21)18-33-20-23-15-19(16-24-20)17-32-14-13-31-12-11-30-10-9-29-8-7-28-6-5-27-4-3-25-26-22/h15-16H,3-14,17-18H2,1-2H3. The Hall–Kier alpha value is -0.993. The van der Waals surface area contributed by atoms with Crippen LogP contribution in [-0.4, -0.2) is 102 Å². The van der Waals surface area contributed by atoms with Crippen molar-refractivity contribution < 1.29 is 28.4 Å². The summed E-state index contributed by atoms with van der Waals surface area (Å²) in [6.45, 7) is 10.3. The molecule has 0 fully saturated rings. The molecule has 0 spiro atoms. The molecule has 0 saturated heterocycles. The van der Waals surface area contributed by atoms with E-state index in [0.717, 1.165) is 16.1 Å². The van der Waals surface area contributed by atoms with Gasteiger partial charge >= 0.3 is 0 Å². The van der Waals surface area contributed by atoms with Crippen molar-refractivity contribution >= 4 is 30.2 Å². The van der Waals surface area contributed by atoms with Gasteiger partial charge in [0, 0.05) is 34.8 Å². The predicted molar refractivity (Wildman–Crippen MR) is 134 cm³/mol. The molecule has 0 N–H and O–H groups in total. The highest BCUT2D eigenvalue weighted by molar-refractivity contribution is 8.01. The van der Waals surface area contributed by atoms with Gasteiger partial charge in [0.1, 0.15) is 0 Å². The Labute approximate surface area is 211 Å². The van der Waals surface area contributed by atoms with E-state index < -0.39 is 7.38 Å². The van der Waals surface area contributed by atoms with E-state index in [1.54, 1.807) is 24.2 Å². The molecule has 1 rings (SSSR count). The van der Waals surface area contributed by atoms with Gasteiger partial charge in [-0.1, -0.05) is 30.0 Å². The first-order valence-corrected chi connectivity index (χ1v) is 16.3. The fourth-order valence-corrected chi connectivity index (χ4v) is 4.80. The van der Waals surface area contributed by atoms with Gasteiger partial charge in [-0.05, 0) is 5.53 Å². The van der Waals surface area contributed by atoms with Gasteiger partial charge < -0.3 is 28.4 Å². The summed E-state index contributed by atoms with van der Waals surface area (Å²) in [6, 6.07) is 0. The van der Waals surface area contributed by atoms with Crippen molar-refractivity contribution in [2.45, 2.75) is 24.9 Å². The molecule has 1 aromatic rings. The van der Waals surface area contributed by atoms with Gasteiger partial charge in [0.2, 0.25) is 0 Å². The molecular weight excluding hydrogens is 502 g/mol. The number of thioether (sulfide) groups is 1. The second-order valence-electron chi connectivity index (χ2n) is 7.45. The Morgan fingerprint density at radius 2 is 1.26 bits per heavy atom. The van der Waals surface area contributed by atoms with Crippen LogP contribution in [0.2, 0.25) is 13.1 Å². The Balaban J connectivity index is 1.81. The molecule has 1 aromatic heterocycles. The molecular formula is C20H36ClN5O6SSi. The summed E-state index contributed by atoms with van der Waals surface area (Å²) in [5, 5.41) is 4.99. The van der Waals surface area contributed by atoms with Gasteiger partial charge in [-0.3, -0.25) is 0 Å². The van der Waals surface area contributed by atoms with E-state index in [1.165, 1.54) is 0 Å². The SMILES string of the molecule is C[Si](C)(Cl)CSc1ncc(COCCOCCOCCOCCOCCOCCN=[N+]=[N-])cn1. The van der Waals surface area contributed by atoms with Crippen LogP contribution in [0, 0.1) is 0 Å². The lowest BCUT2D eigenvalue weighted by Crippen LogP contribution is -2.20. The Morgan fingerprint density at radius 3 is 1.71 bits per heavy atom. The van der Waals surface area contributed by atoms with Crippen LogP contribution in [0.15, 0.2) is 22.7 Å². The Bertz CT molecular complexity index is 668. The fraction of sp³-hybridized carbons (Fsp3) is 0.800. The third kappa shape index (κ3) is 20.4. The average molecular weight is 538 g/mol. The van der Waals surface area contributed by atoms with Crippen LogP contribution in [0.3, 0.4) is 0 Å². The van der Waals surface area contributed by atoms with Crippen LogP contribution in [0.1, 0.15) is 5.56 Å². The maximum absolute atomic E-state index is 8.11. The number of azide groups is 1. The second-order valence-corrected chi connectivity index (χ2v) is 15.8. The van der Waals surface area contributed by atoms with Crippen LogP contribution in [0.4, 0.5) is 0 Å². The number of rotatable bonds is 23. The summed E-state index contributed by atoms with van der Waals surface area (Å²) >= 11 is 7.91. The van der Waals surface area contributed by atoms with Gasteiger partial charge in [0.05, 0.1) is 79.3 Å². The molecule has 0 amide bonds. The van der Waals surface area contributed by atoms with Crippen molar-refractivity contribution in [1.29, 1.82) is 0 Å². The smallest absolute Gasteiger partial charge is 0.187 e. The lowest BCUT2D eigenvalue weighted by Gasteiger charge is -2.11. The highest BCUT2D eigenvalue weighted by Crippen LogP contribution is 2.20. The van der Waals surface area contributed by atoms with Crippen molar-refractivity contribution in [2.75, 3.05) is 84.6 Å². The molecule has 0 atom stereocenters. The molecule has 0 aliphatic carbocycles. The molecule has 11 nitrogen and oxygen atoms in total. The number of aromatic nitrogens is 2. The topological polar surface area (TPSA) is 130 Å². The summed E-state index contributed by atoms with van der Waals surface area (Å²) in [7, 11) is -1.63. The van der Waals surface area contributed by atoms with Gasteiger partial charge in [-0.15, -0.1) is 0 Å². The van der Waals surface area contributed by atoms with E-state index in [9.17, 15) is 0 Å². The predicted octanol–water partition coefficient (Wildman–Crippen LogP) is 3.46. The normalized spacial score (nSPS) is 11.5. The molecule has 0 aromatic carbocycles. The number of halogens is 1. The maximum Gasteiger partial charge on any atom is 0.187 e. The van der Waals surface area contributed by atoms with Crippen LogP contribution in [-0.2, 0) is 35.0 Å². The molecule has 0 unspecified atom stereocenters. The minimum atomic E-state index is -1.63. The first kappa shape index (κ1) is 31.0. The van der Waals surface area contributed by atoms with Gasteiger partial charge in [0.15, 0.2) is 12.5 Å². The summed E-state index contributed by atoms with van der Waals surface area (Å²) in [4.78, 5) is 11.3. The molecule has 34 heavy (non-hydrogen) atoms. The Morgan fingerprint density at radius 1 is 0.824 bits per heavy atom. The first-order chi connectivity index (χ1) is 16.5. The fourth-order valence-electron chi connectivity index (χ4n) is 2.17. The third-order valence-electron chi connectivity index (χ3n) is 3.75. The van der Waals surface area contributed by atoms with Crippen molar-refractivity contribution in [3.63, 3.8) is 0 Å². The average Bonchev–Trinajstić information content (AvgIpc) is 2.82. The molecule has 194 valence electrons. The van der Waals surface area contributed by atoms with Crippen LogP contribution < -0.4 is 0 Å². The van der Waals surface area contributed by atoms with Crippen molar-refractivity contribution in [3.8, 4) is 0 Å². The van der Waals surface area contributed by atoms with E-state index in [-0.39, 0.29) is 0 Å². The minimum Gasteiger partial charge on any atom is -0.379 e. The summed E-state index contributed by atoms with van der Waals surface area (Å²) in [5.41, 5.74) is 9.04. The third-order valence-corrected chi connectivity index (χ3v) is 8.53. The molecule has 14 heteroatoms. The van der Waals surface area contributed by atoms with Gasteiger partial charge in [-0.25, -0.2) is 9.97 Å². The highest BCUT2D eigenvalue weighted by Gasteiger charge is 2.17. The van der Waals surface area contributed by atoms with E-state index in [2.05, 4.69) is 33.1 Å². The van der Waals surface area contributed by atoms with E-state index >= 15 is 0 Å². The molecule has 0 saturated carbocycles. The number of nitrogens with zero attached hydrogens (tertiary/aromatic N) is 5. The maximum atomic E-state index is 8.11.